The topological polar surface area (TPSA) is 64.8 Å². The van der Waals surface area contributed by atoms with Crippen LogP contribution in [0.25, 0.3) is 11.4 Å². The highest BCUT2D eigenvalue weighted by Crippen LogP contribution is 2.22. The Labute approximate surface area is 110 Å². The number of aryl methyl sites for hydroxylation is 1. The Hall–Kier alpha value is -1.40. The van der Waals surface area contributed by atoms with Crippen LogP contribution in [0.2, 0.25) is 0 Å². The summed E-state index contributed by atoms with van der Waals surface area (Å²) in [4.78, 5) is 0. The molecule has 0 fully saturated rings. The molecular formula is C11H12ClN3O2S. The summed E-state index contributed by atoms with van der Waals surface area (Å²) in [7, 11) is 1.44. The van der Waals surface area contributed by atoms with Crippen LogP contribution < -0.4 is 0 Å². The van der Waals surface area contributed by atoms with Gasteiger partial charge in [0.05, 0.1) is 0 Å². The average molecular weight is 286 g/mol. The van der Waals surface area contributed by atoms with E-state index in [1.807, 2.05) is 38.1 Å². The van der Waals surface area contributed by atoms with Gasteiger partial charge in [-0.05, 0) is 19.9 Å². The van der Waals surface area contributed by atoms with Crippen LogP contribution >= 0.6 is 10.7 Å². The van der Waals surface area contributed by atoms with E-state index in [-0.39, 0.29) is 5.16 Å². The van der Waals surface area contributed by atoms with Gasteiger partial charge >= 0.3 is 0 Å². The third-order valence-corrected chi connectivity index (χ3v) is 3.68. The fourth-order valence-corrected chi connectivity index (χ4v) is 2.71. The number of rotatable bonds is 3. The summed E-state index contributed by atoms with van der Waals surface area (Å²) >= 11 is 0. The van der Waals surface area contributed by atoms with Gasteiger partial charge in [0, 0.05) is 22.8 Å². The van der Waals surface area contributed by atoms with E-state index >= 15 is 0 Å². The van der Waals surface area contributed by atoms with Crippen molar-refractivity contribution in [3.63, 3.8) is 0 Å². The van der Waals surface area contributed by atoms with Gasteiger partial charge in [0.25, 0.3) is 14.2 Å². The lowest BCUT2D eigenvalue weighted by Gasteiger charge is -2.06. The van der Waals surface area contributed by atoms with Crippen molar-refractivity contribution < 1.29 is 8.42 Å². The standard InChI is InChI=1S/C11H12ClN3O2S/c1-3-15-10(9-6-4-5-8(2)7-9)13-14-11(15)18(12,16)17/h4-7H,3H2,1-2H3. The summed E-state index contributed by atoms with van der Waals surface area (Å²) in [5, 5.41) is 7.35. The first-order chi connectivity index (χ1) is 8.43. The average Bonchev–Trinajstić information content (AvgIpc) is 2.72. The zero-order chi connectivity index (χ0) is 13.3. The highest BCUT2D eigenvalue weighted by atomic mass is 35.7. The summed E-state index contributed by atoms with van der Waals surface area (Å²) in [6, 6.07) is 7.61. The second-order valence-corrected chi connectivity index (χ2v) is 6.32. The number of benzene rings is 1. The van der Waals surface area contributed by atoms with Gasteiger partial charge in [-0.2, -0.15) is 0 Å². The SMILES string of the molecule is CCn1c(-c2cccc(C)c2)nnc1S(=O)(=O)Cl. The van der Waals surface area contributed by atoms with Crippen LogP contribution in [0.1, 0.15) is 12.5 Å². The van der Waals surface area contributed by atoms with E-state index in [4.69, 9.17) is 10.7 Å². The van der Waals surface area contributed by atoms with Gasteiger partial charge in [-0.15, -0.1) is 10.2 Å². The maximum absolute atomic E-state index is 11.4. The van der Waals surface area contributed by atoms with Gasteiger partial charge in [-0.3, -0.25) is 4.57 Å². The Morgan fingerprint density at radius 3 is 2.61 bits per heavy atom. The minimum absolute atomic E-state index is 0.219. The fraction of sp³-hybridized carbons (Fsp3) is 0.273. The predicted octanol–water partition coefficient (Wildman–Crippen LogP) is 2.20. The lowest BCUT2D eigenvalue weighted by molar-refractivity contribution is 0.583. The molecule has 2 aromatic rings. The monoisotopic (exact) mass is 285 g/mol. The molecule has 0 amide bonds. The van der Waals surface area contributed by atoms with Crippen LogP contribution in [0.3, 0.4) is 0 Å². The van der Waals surface area contributed by atoms with Crippen LogP contribution in [0.5, 0.6) is 0 Å². The zero-order valence-electron chi connectivity index (χ0n) is 9.96. The van der Waals surface area contributed by atoms with E-state index < -0.39 is 9.05 Å². The van der Waals surface area contributed by atoms with Crippen molar-refractivity contribution >= 4 is 19.7 Å². The summed E-state index contributed by atoms with van der Waals surface area (Å²) in [6.07, 6.45) is 0. The zero-order valence-corrected chi connectivity index (χ0v) is 11.5. The first kappa shape index (κ1) is 13.0. The molecule has 96 valence electrons. The van der Waals surface area contributed by atoms with Crippen molar-refractivity contribution in [1.29, 1.82) is 0 Å². The van der Waals surface area contributed by atoms with E-state index in [1.165, 1.54) is 4.57 Å². The Morgan fingerprint density at radius 2 is 2.06 bits per heavy atom. The van der Waals surface area contributed by atoms with E-state index in [1.54, 1.807) is 0 Å². The van der Waals surface area contributed by atoms with Gasteiger partial charge in [0.15, 0.2) is 5.82 Å². The molecule has 0 saturated heterocycles. The first-order valence-corrected chi connectivity index (χ1v) is 7.69. The smallest absolute Gasteiger partial charge is 0.296 e. The second-order valence-electron chi connectivity index (χ2n) is 3.86. The lowest BCUT2D eigenvalue weighted by atomic mass is 10.1. The molecule has 0 unspecified atom stereocenters. The predicted molar refractivity (Wildman–Crippen MR) is 68.9 cm³/mol. The van der Waals surface area contributed by atoms with Crippen LogP contribution in [0.4, 0.5) is 0 Å². The summed E-state index contributed by atoms with van der Waals surface area (Å²) in [5.41, 5.74) is 1.88. The molecule has 0 radical (unpaired) electrons. The quantitative estimate of drug-likeness (QED) is 0.811. The molecule has 5 nitrogen and oxygen atoms in total. The fourth-order valence-electron chi connectivity index (χ4n) is 1.75. The van der Waals surface area contributed by atoms with E-state index in [0.29, 0.717) is 12.4 Å². The molecule has 0 aliphatic heterocycles. The minimum atomic E-state index is -3.88. The molecule has 0 bridgehead atoms. The number of halogens is 1. The highest BCUT2D eigenvalue weighted by Gasteiger charge is 2.22. The molecular weight excluding hydrogens is 274 g/mol. The lowest BCUT2D eigenvalue weighted by Crippen LogP contribution is -2.06. The van der Waals surface area contributed by atoms with Gasteiger partial charge in [0.2, 0.25) is 0 Å². The van der Waals surface area contributed by atoms with Gasteiger partial charge < -0.3 is 0 Å². The number of hydrogen-bond donors (Lipinski definition) is 0. The van der Waals surface area contributed by atoms with Gasteiger partial charge in [-0.25, -0.2) is 8.42 Å². The molecule has 0 spiro atoms. The molecule has 1 heterocycles. The molecule has 0 aliphatic rings. The molecule has 7 heteroatoms. The van der Waals surface area contributed by atoms with Crippen molar-refractivity contribution in [3.8, 4) is 11.4 Å². The highest BCUT2D eigenvalue weighted by molar-refractivity contribution is 8.13. The summed E-state index contributed by atoms with van der Waals surface area (Å²) in [6.45, 7) is 4.20. The Balaban J connectivity index is 2.63. The largest absolute Gasteiger partial charge is 0.297 e. The third-order valence-electron chi connectivity index (χ3n) is 2.53. The molecule has 1 aromatic heterocycles. The molecule has 0 saturated carbocycles. The van der Waals surface area contributed by atoms with E-state index in [2.05, 4.69) is 10.2 Å². The van der Waals surface area contributed by atoms with Crippen LogP contribution in [0.15, 0.2) is 29.4 Å². The molecule has 18 heavy (non-hydrogen) atoms. The molecule has 0 N–H and O–H groups in total. The molecule has 0 atom stereocenters. The third kappa shape index (κ3) is 2.39. The van der Waals surface area contributed by atoms with Crippen molar-refractivity contribution in [2.24, 2.45) is 0 Å². The first-order valence-electron chi connectivity index (χ1n) is 5.38. The molecule has 1 aromatic carbocycles. The minimum Gasteiger partial charge on any atom is -0.297 e. The second kappa shape index (κ2) is 4.70. The van der Waals surface area contributed by atoms with Crippen LogP contribution in [-0.4, -0.2) is 23.2 Å². The van der Waals surface area contributed by atoms with Crippen molar-refractivity contribution in [2.45, 2.75) is 25.5 Å². The normalized spacial score (nSPS) is 11.7. The number of hydrogen-bond acceptors (Lipinski definition) is 4. The van der Waals surface area contributed by atoms with E-state index in [9.17, 15) is 8.42 Å². The molecule has 0 aliphatic carbocycles. The van der Waals surface area contributed by atoms with Crippen molar-refractivity contribution in [2.75, 3.05) is 0 Å². The van der Waals surface area contributed by atoms with Crippen LogP contribution in [0, 0.1) is 6.92 Å². The Bertz CT molecular complexity index is 679. The molecule has 2 rings (SSSR count). The van der Waals surface area contributed by atoms with Crippen molar-refractivity contribution in [3.05, 3.63) is 29.8 Å². The maximum Gasteiger partial charge on any atom is 0.296 e. The van der Waals surface area contributed by atoms with E-state index in [0.717, 1.165) is 11.1 Å². The summed E-state index contributed by atoms with van der Waals surface area (Å²) < 4.78 is 24.2. The number of aromatic nitrogens is 3. The van der Waals surface area contributed by atoms with Gasteiger partial charge in [0.1, 0.15) is 0 Å². The summed E-state index contributed by atoms with van der Waals surface area (Å²) in [5.74, 6) is 0.500. The Morgan fingerprint density at radius 1 is 1.33 bits per heavy atom. The number of nitrogens with zero attached hydrogens (tertiary/aromatic N) is 3. The Kier molecular flexibility index (Phi) is 3.41. The van der Waals surface area contributed by atoms with Crippen molar-refractivity contribution in [1.82, 2.24) is 14.8 Å². The van der Waals surface area contributed by atoms with Gasteiger partial charge in [-0.1, -0.05) is 23.8 Å². The maximum atomic E-state index is 11.4. The van der Waals surface area contributed by atoms with Crippen LogP contribution in [-0.2, 0) is 15.6 Å².